The van der Waals surface area contributed by atoms with E-state index in [0.29, 0.717) is 18.5 Å². The van der Waals surface area contributed by atoms with E-state index in [1.165, 1.54) is 15.5 Å². The van der Waals surface area contributed by atoms with Gasteiger partial charge in [0.15, 0.2) is 0 Å². The Labute approximate surface area is 150 Å². The van der Waals surface area contributed by atoms with E-state index >= 15 is 4.39 Å². The number of rotatable bonds is 4. The van der Waals surface area contributed by atoms with E-state index in [9.17, 15) is 19.5 Å². The molecule has 2 fully saturated rings. The first-order valence-corrected chi connectivity index (χ1v) is 8.77. The number of ether oxygens (including phenoxy) is 1. The topological polar surface area (TPSA) is 88.8 Å². The zero-order chi connectivity index (χ0) is 19.1. The molecule has 1 spiro atoms. The molecule has 3 rings (SSSR count). The second-order valence-electron chi connectivity index (χ2n) is 7.18. The van der Waals surface area contributed by atoms with E-state index in [4.69, 9.17) is 4.74 Å². The Morgan fingerprint density at radius 2 is 2.00 bits per heavy atom. The highest BCUT2D eigenvalue weighted by Crippen LogP contribution is 2.56. The third-order valence-corrected chi connectivity index (χ3v) is 5.62. The minimum absolute atomic E-state index is 0.0800. The number of likely N-dealkylation sites (tertiary alicyclic amines) is 1. The van der Waals surface area contributed by atoms with Crippen LogP contribution in [0, 0.1) is 12.3 Å². The molecule has 1 aliphatic carbocycles. The predicted octanol–water partition coefficient (Wildman–Crippen LogP) is 1.15. The molecular weight excluding hydrogens is 343 g/mol. The van der Waals surface area contributed by atoms with Crippen LogP contribution in [0.2, 0.25) is 0 Å². The lowest BCUT2D eigenvalue weighted by Crippen LogP contribution is -2.54. The van der Waals surface area contributed by atoms with Gasteiger partial charge in [-0.15, -0.1) is 0 Å². The molecule has 1 atom stereocenters. The summed E-state index contributed by atoms with van der Waals surface area (Å²) in [5, 5.41) is 9.44. The minimum Gasteiger partial charge on any atom is -0.508 e. The summed E-state index contributed by atoms with van der Waals surface area (Å²) in [6.07, 6.45) is 1.87. The van der Waals surface area contributed by atoms with Crippen LogP contribution in [-0.2, 0) is 20.9 Å². The molecule has 8 heteroatoms. The number of aromatic hydroxyl groups is 1. The number of pyridine rings is 1. The van der Waals surface area contributed by atoms with Crippen molar-refractivity contribution in [1.29, 1.82) is 0 Å². The molecule has 1 saturated carbocycles. The molecule has 1 aliphatic heterocycles. The van der Waals surface area contributed by atoms with Crippen LogP contribution in [0.1, 0.15) is 31.9 Å². The average molecular weight is 366 g/mol. The van der Waals surface area contributed by atoms with Crippen molar-refractivity contribution < 1.29 is 23.8 Å². The van der Waals surface area contributed by atoms with Crippen LogP contribution in [0.4, 0.5) is 4.39 Å². The van der Waals surface area contributed by atoms with Gasteiger partial charge in [0.05, 0.1) is 13.2 Å². The molecule has 1 aromatic heterocycles. The van der Waals surface area contributed by atoms with Gasteiger partial charge in [0, 0.05) is 23.7 Å². The number of hydrogen-bond donors (Lipinski definition) is 1. The number of aromatic nitrogens is 1. The van der Waals surface area contributed by atoms with Crippen LogP contribution in [-0.4, -0.2) is 51.8 Å². The van der Waals surface area contributed by atoms with Crippen molar-refractivity contribution in [3.05, 3.63) is 28.2 Å². The molecule has 1 amide bonds. The molecule has 1 aromatic rings. The zero-order valence-electron chi connectivity index (χ0n) is 15.0. The maximum absolute atomic E-state index is 15.6. The van der Waals surface area contributed by atoms with E-state index in [2.05, 4.69) is 0 Å². The lowest BCUT2D eigenvalue weighted by molar-refractivity contribution is -0.168. The van der Waals surface area contributed by atoms with E-state index in [1.54, 1.807) is 13.8 Å². The first-order valence-electron chi connectivity index (χ1n) is 8.77. The highest BCUT2D eigenvalue weighted by Gasteiger charge is 2.67. The number of amides is 1. The van der Waals surface area contributed by atoms with Crippen molar-refractivity contribution in [3.8, 4) is 5.75 Å². The molecule has 1 saturated heterocycles. The molecule has 142 valence electrons. The fourth-order valence-electron chi connectivity index (χ4n) is 3.99. The minimum atomic E-state index is -2.20. The van der Waals surface area contributed by atoms with Crippen molar-refractivity contribution in [2.45, 2.75) is 45.3 Å². The highest BCUT2D eigenvalue weighted by molar-refractivity contribution is 5.85. The number of alkyl halides is 1. The maximum atomic E-state index is 15.6. The zero-order valence-corrected chi connectivity index (χ0v) is 15.0. The first kappa shape index (κ1) is 18.4. The van der Waals surface area contributed by atoms with Crippen LogP contribution in [0.3, 0.4) is 0 Å². The second kappa shape index (κ2) is 6.41. The SMILES string of the molecule is CCOC(=O)C1(F)CN(C(=O)Cn2c(C)cc(O)cc2=O)CC12CCC2. The quantitative estimate of drug-likeness (QED) is 0.808. The summed E-state index contributed by atoms with van der Waals surface area (Å²) < 4.78 is 21.7. The van der Waals surface area contributed by atoms with Crippen LogP contribution in [0.15, 0.2) is 16.9 Å². The fourth-order valence-corrected chi connectivity index (χ4v) is 3.99. The van der Waals surface area contributed by atoms with Gasteiger partial charge in [-0.25, -0.2) is 9.18 Å². The van der Waals surface area contributed by atoms with Gasteiger partial charge in [0.1, 0.15) is 12.3 Å². The molecule has 2 heterocycles. The molecule has 7 nitrogen and oxygen atoms in total. The molecule has 2 aliphatic rings. The normalized spacial score (nSPS) is 23.7. The second-order valence-corrected chi connectivity index (χ2v) is 7.18. The van der Waals surface area contributed by atoms with Crippen LogP contribution in [0.5, 0.6) is 5.75 Å². The number of esters is 1. The largest absolute Gasteiger partial charge is 0.508 e. The molecule has 1 unspecified atom stereocenters. The Bertz CT molecular complexity index is 801. The van der Waals surface area contributed by atoms with Crippen molar-refractivity contribution in [2.75, 3.05) is 19.7 Å². The summed E-state index contributed by atoms with van der Waals surface area (Å²) in [6.45, 7) is 2.83. The smallest absolute Gasteiger partial charge is 0.346 e. The first-order chi connectivity index (χ1) is 12.2. The summed E-state index contributed by atoms with van der Waals surface area (Å²) in [7, 11) is 0. The number of halogens is 1. The Morgan fingerprint density at radius 1 is 1.31 bits per heavy atom. The molecule has 0 bridgehead atoms. The summed E-state index contributed by atoms with van der Waals surface area (Å²) in [5.74, 6) is -1.51. The lowest BCUT2D eigenvalue weighted by Gasteiger charge is -2.44. The Morgan fingerprint density at radius 3 is 2.54 bits per heavy atom. The average Bonchev–Trinajstić information content (AvgIpc) is 2.86. The summed E-state index contributed by atoms with van der Waals surface area (Å²) in [6, 6.07) is 2.40. The van der Waals surface area contributed by atoms with Crippen molar-refractivity contribution in [3.63, 3.8) is 0 Å². The molecule has 26 heavy (non-hydrogen) atoms. The lowest BCUT2D eigenvalue weighted by atomic mass is 9.61. The Kier molecular flexibility index (Phi) is 4.54. The number of carbonyl (C=O) groups is 2. The third kappa shape index (κ3) is 2.77. The van der Waals surface area contributed by atoms with Gasteiger partial charge in [0.2, 0.25) is 11.6 Å². The molecule has 0 aromatic carbocycles. The van der Waals surface area contributed by atoms with E-state index in [0.717, 1.165) is 12.5 Å². The van der Waals surface area contributed by atoms with Gasteiger partial charge in [0.25, 0.3) is 5.56 Å². The van der Waals surface area contributed by atoms with Crippen molar-refractivity contribution in [2.24, 2.45) is 5.41 Å². The van der Waals surface area contributed by atoms with Gasteiger partial charge < -0.3 is 19.3 Å². The van der Waals surface area contributed by atoms with Gasteiger partial charge in [-0.05, 0) is 32.8 Å². The highest BCUT2D eigenvalue weighted by atomic mass is 19.1. The number of carbonyl (C=O) groups excluding carboxylic acids is 2. The Balaban J connectivity index is 1.82. The van der Waals surface area contributed by atoms with Crippen molar-refractivity contribution in [1.82, 2.24) is 9.47 Å². The monoisotopic (exact) mass is 366 g/mol. The van der Waals surface area contributed by atoms with E-state index < -0.39 is 28.5 Å². The molecule has 0 radical (unpaired) electrons. The standard InChI is InChI=1S/C18H23FN2O5/c1-3-26-16(25)18(19)11-20(10-17(18)5-4-6-17)15(24)9-21-12(2)7-13(22)8-14(21)23/h7-8,22H,3-6,9-11H2,1-2H3. The number of aryl methyl sites for hydroxylation is 1. The maximum Gasteiger partial charge on any atom is 0.346 e. The van der Waals surface area contributed by atoms with Gasteiger partial charge in [-0.1, -0.05) is 6.42 Å². The van der Waals surface area contributed by atoms with Crippen molar-refractivity contribution >= 4 is 11.9 Å². The molecule has 1 N–H and O–H groups in total. The summed E-state index contributed by atoms with van der Waals surface area (Å²) in [4.78, 5) is 38.2. The van der Waals surface area contributed by atoms with Gasteiger partial charge in [-0.3, -0.25) is 9.59 Å². The van der Waals surface area contributed by atoms with E-state index in [1.807, 2.05) is 0 Å². The Hall–Kier alpha value is -2.38. The number of nitrogens with zero attached hydrogens (tertiary/aromatic N) is 2. The number of hydrogen-bond acceptors (Lipinski definition) is 5. The fraction of sp³-hybridized carbons (Fsp3) is 0.611. The summed E-state index contributed by atoms with van der Waals surface area (Å²) >= 11 is 0. The third-order valence-electron chi connectivity index (χ3n) is 5.62. The van der Waals surface area contributed by atoms with E-state index in [-0.39, 0.29) is 32.0 Å². The van der Waals surface area contributed by atoms with Gasteiger partial charge >= 0.3 is 5.97 Å². The van der Waals surface area contributed by atoms with Crippen LogP contribution in [0.25, 0.3) is 0 Å². The predicted molar refractivity (Wildman–Crippen MR) is 90.4 cm³/mol. The van der Waals surface area contributed by atoms with Crippen LogP contribution >= 0.6 is 0 Å². The molecular formula is C18H23FN2O5. The van der Waals surface area contributed by atoms with Crippen LogP contribution < -0.4 is 5.56 Å². The van der Waals surface area contributed by atoms with Gasteiger partial charge in [-0.2, -0.15) is 0 Å². The summed E-state index contributed by atoms with van der Waals surface area (Å²) in [5.41, 5.74) is -3.17.